The van der Waals surface area contributed by atoms with E-state index in [0.717, 1.165) is 6.54 Å². The summed E-state index contributed by atoms with van der Waals surface area (Å²) in [5.41, 5.74) is 2.40. The van der Waals surface area contributed by atoms with Crippen LogP contribution in [0.2, 0.25) is 0 Å². The van der Waals surface area contributed by atoms with Crippen LogP contribution in [0, 0.1) is 12.9 Å². The Balaban J connectivity index is 1.82. The van der Waals surface area contributed by atoms with Crippen molar-refractivity contribution in [1.29, 1.82) is 0 Å². The van der Waals surface area contributed by atoms with Gasteiger partial charge in [0.2, 0.25) is 5.95 Å². The summed E-state index contributed by atoms with van der Waals surface area (Å²) in [4.78, 5) is 6.02. The van der Waals surface area contributed by atoms with Crippen LogP contribution in [-0.4, -0.2) is 24.7 Å². The van der Waals surface area contributed by atoms with Crippen molar-refractivity contribution in [3.63, 3.8) is 0 Å². The maximum atomic E-state index is 13.2. The fourth-order valence-corrected chi connectivity index (χ4v) is 2.57. The van der Waals surface area contributed by atoms with E-state index in [1.54, 1.807) is 6.07 Å². The van der Waals surface area contributed by atoms with E-state index in [1.807, 2.05) is 18.2 Å². The van der Waals surface area contributed by atoms with E-state index < -0.39 is 5.95 Å². The van der Waals surface area contributed by atoms with Crippen molar-refractivity contribution in [2.45, 2.75) is 13.0 Å². The van der Waals surface area contributed by atoms with E-state index in [2.05, 4.69) is 28.9 Å². The highest BCUT2D eigenvalue weighted by Crippen LogP contribution is 2.27. The van der Waals surface area contributed by atoms with Gasteiger partial charge in [0.25, 0.3) is 0 Å². The van der Waals surface area contributed by atoms with Crippen molar-refractivity contribution in [3.05, 3.63) is 59.5 Å². The maximum Gasteiger partial charge on any atom is 0.214 e. The molecule has 0 amide bonds. The Morgan fingerprint density at radius 3 is 2.85 bits per heavy atom. The zero-order chi connectivity index (χ0) is 13.9. The van der Waals surface area contributed by atoms with Crippen molar-refractivity contribution < 1.29 is 9.13 Å². The molecule has 1 atom stereocenters. The summed E-state index contributed by atoms with van der Waals surface area (Å²) >= 11 is 0. The van der Waals surface area contributed by atoms with Gasteiger partial charge in [0.15, 0.2) is 0 Å². The van der Waals surface area contributed by atoms with Crippen LogP contribution in [0.3, 0.4) is 0 Å². The molecule has 0 aliphatic carbocycles. The number of aryl methyl sites for hydroxylation is 1. The molecule has 2 aromatic rings. The number of morpholine rings is 1. The molecule has 1 aromatic carbocycles. The standard InChI is InChI=1S/C16H17FN2O/c1-12-5-2-3-6-13(12)14-11-19(9-10-20-14)16-8-4-7-15(17)18-16/h2-8,14H,9-11H2,1H3. The highest BCUT2D eigenvalue weighted by Gasteiger charge is 2.24. The van der Waals surface area contributed by atoms with E-state index in [-0.39, 0.29) is 6.10 Å². The lowest BCUT2D eigenvalue weighted by atomic mass is 10.0. The first-order valence-corrected chi connectivity index (χ1v) is 6.78. The van der Waals surface area contributed by atoms with Crippen LogP contribution < -0.4 is 4.90 Å². The molecule has 1 saturated heterocycles. The molecule has 2 heterocycles. The minimum absolute atomic E-state index is 0.00928. The van der Waals surface area contributed by atoms with Gasteiger partial charge in [-0.15, -0.1) is 0 Å². The number of aromatic nitrogens is 1. The average Bonchev–Trinajstić information content (AvgIpc) is 2.48. The van der Waals surface area contributed by atoms with Crippen LogP contribution in [0.5, 0.6) is 0 Å². The van der Waals surface area contributed by atoms with Gasteiger partial charge in [-0.25, -0.2) is 4.98 Å². The van der Waals surface area contributed by atoms with Crippen molar-refractivity contribution in [3.8, 4) is 0 Å². The van der Waals surface area contributed by atoms with E-state index >= 15 is 0 Å². The van der Waals surface area contributed by atoms with Crippen LogP contribution in [-0.2, 0) is 4.74 Å². The number of halogens is 1. The molecule has 1 fully saturated rings. The van der Waals surface area contributed by atoms with Crippen molar-refractivity contribution in [1.82, 2.24) is 4.98 Å². The van der Waals surface area contributed by atoms with Gasteiger partial charge in [0.05, 0.1) is 6.61 Å². The van der Waals surface area contributed by atoms with Crippen LogP contribution in [0.4, 0.5) is 10.2 Å². The predicted octanol–water partition coefficient (Wildman–Crippen LogP) is 3.11. The summed E-state index contributed by atoms with van der Waals surface area (Å²) in [6.45, 7) is 4.13. The third-order valence-corrected chi connectivity index (χ3v) is 3.63. The Hall–Kier alpha value is -1.94. The quantitative estimate of drug-likeness (QED) is 0.785. The van der Waals surface area contributed by atoms with E-state index in [1.165, 1.54) is 17.2 Å². The number of hydrogen-bond acceptors (Lipinski definition) is 3. The molecule has 3 rings (SSSR count). The fraction of sp³-hybridized carbons (Fsp3) is 0.312. The average molecular weight is 272 g/mol. The SMILES string of the molecule is Cc1ccccc1C1CN(c2cccc(F)n2)CCO1. The summed E-state index contributed by atoms with van der Waals surface area (Å²) in [6, 6.07) is 13.1. The van der Waals surface area contributed by atoms with Crippen molar-refractivity contribution >= 4 is 5.82 Å². The fourth-order valence-electron chi connectivity index (χ4n) is 2.57. The molecule has 20 heavy (non-hydrogen) atoms. The first kappa shape index (κ1) is 13.1. The number of anilines is 1. The number of benzene rings is 1. The first-order valence-electron chi connectivity index (χ1n) is 6.78. The molecule has 0 bridgehead atoms. The second-order valence-corrected chi connectivity index (χ2v) is 4.98. The van der Waals surface area contributed by atoms with Gasteiger partial charge in [0, 0.05) is 13.1 Å². The molecule has 1 unspecified atom stereocenters. The number of hydrogen-bond donors (Lipinski definition) is 0. The predicted molar refractivity (Wildman–Crippen MR) is 76.3 cm³/mol. The molecule has 0 radical (unpaired) electrons. The van der Waals surface area contributed by atoms with Gasteiger partial charge in [-0.3, -0.25) is 0 Å². The molecule has 0 N–H and O–H groups in total. The molecule has 1 aromatic heterocycles. The van der Waals surface area contributed by atoms with Crippen molar-refractivity contribution in [2.75, 3.05) is 24.6 Å². The van der Waals surface area contributed by atoms with Gasteiger partial charge in [0.1, 0.15) is 11.9 Å². The highest BCUT2D eigenvalue weighted by molar-refractivity contribution is 5.40. The topological polar surface area (TPSA) is 25.4 Å². The van der Waals surface area contributed by atoms with E-state index in [9.17, 15) is 4.39 Å². The van der Waals surface area contributed by atoms with E-state index in [4.69, 9.17) is 4.74 Å². The second kappa shape index (κ2) is 5.59. The Bertz CT molecular complexity index is 603. The van der Waals surface area contributed by atoms with Crippen LogP contribution in [0.1, 0.15) is 17.2 Å². The minimum Gasteiger partial charge on any atom is -0.370 e. The Labute approximate surface area is 118 Å². The minimum atomic E-state index is -0.443. The zero-order valence-corrected chi connectivity index (χ0v) is 11.4. The summed E-state index contributed by atoms with van der Waals surface area (Å²) in [6.07, 6.45) is 0.00928. The van der Waals surface area contributed by atoms with Gasteiger partial charge in [-0.2, -0.15) is 4.39 Å². The molecule has 3 nitrogen and oxygen atoms in total. The molecular formula is C16H17FN2O. The third-order valence-electron chi connectivity index (χ3n) is 3.63. The van der Waals surface area contributed by atoms with Gasteiger partial charge in [-0.05, 0) is 30.2 Å². The lowest BCUT2D eigenvalue weighted by molar-refractivity contribution is 0.0391. The Kier molecular flexibility index (Phi) is 3.65. The lowest BCUT2D eigenvalue weighted by Gasteiger charge is -2.34. The van der Waals surface area contributed by atoms with E-state index in [0.29, 0.717) is 19.0 Å². The van der Waals surface area contributed by atoms with Gasteiger partial charge >= 0.3 is 0 Å². The molecule has 1 aliphatic rings. The first-order chi connectivity index (χ1) is 9.74. The number of rotatable bonds is 2. The lowest BCUT2D eigenvalue weighted by Crippen LogP contribution is -2.39. The Morgan fingerprint density at radius 2 is 2.05 bits per heavy atom. The number of nitrogens with zero attached hydrogens (tertiary/aromatic N) is 2. The summed E-state index contributed by atoms with van der Waals surface area (Å²) < 4.78 is 19.1. The molecule has 1 aliphatic heterocycles. The van der Waals surface area contributed by atoms with Crippen LogP contribution in [0.15, 0.2) is 42.5 Å². The highest BCUT2D eigenvalue weighted by atomic mass is 19.1. The molecule has 104 valence electrons. The number of pyridine rings is 1. The Morgan fingerprint density at radius 1 is 1.20 bits per heavy atom. The van der Waals surface area contributed by atoms with Gasteiger partial charge in [-0.1, -0.05) is 30.3 Å². The number of ether oxygens (including phenoxy) is 1. The maximum absolute atomic E-state index is 13.2. The summed E-state index contributed by atoms with van der Waals surface area (Å²) in [5, 5.41) is 0. The normalized spacial score (nSPS) is 19.1. The summed E-state index contributed by atoms with van der Waals surface area (Å²) in [5.74, 6) is 0.230. The third kappa shape index (κ3) is 2.65. The molecule has 0 spiro atoms. The monoisotopic (exact) mass is 272 g/mol. The smallest absolute Gasteiger partial charge is 0.214 e. The van der Waals surface area contributed by atoms with Crippen LogP contribution >= 0.6 is 0 Å². The largest absolute Gasteiger partial charge is 0.370 e. The zero-order valence-electron chi connectivity index (χ0n) is 11.4. The molecule has 4 heteroatoms. The second-order valence-electron chi connectivity index (χ2n) is 4.98. The van der Waals surface area contributed by atoms with Crippen LogP contribution in [0.25, 0.3) is 0 Å². The van der Waals surface area contributed by atoms with Gasteiger partial charge < -0.3 is 9.64 Å². The van der Waals surface area contributed by atoms with Crippen molar-refractivity contribution in [2.24, 2.45) is 0 Å². The molecule has 0 saturated carbocycles. The summed E-state index contributed by atoms with van der Waals surface area (Å²) in [7, 11) is 0. The molecular weight excluding hydrogens is 255 g/mol.